The molecule has 2 aromatic carbocycles. The monoisotopic (exact) mass is 386 g/mol. The van der Waals surface area contributed by atoms with Gasteiger partial charge in [-0.2, -0.15) is 0 Å². The number of hydrogen-bond donors (Lipinski definition) is 2. The van der Waals surface area contributed by atoms with Crippen LogP contribution in [0.5, 0.6) is 28.7 Å². The largest absolute Gasteiger partial charge is 0.493 e. The number of aromatic amines is 2. The number of rotatable bonds is 7. The minimum atomic E-state index is -0.268. The molecular formula is C20H22N2O6. The van der Waals surface area contributed by atoms with Crippen molar-refractivity contribution in [1.82, 2.24) is 10.2 Å². The summed E-state index contributed by atoms with van der Waals surface area (Å²) in [5.74, 6) is 2.54. The van der Waals surface area contributed by atoms with E-state index in [0.29, 0.717) is 51.1 Å². The summed E-state index contributed by atoms with van der Waals surface area (Å²) in [6.07, 6.45) is 0. The highest BCUT2D eigenvalue weighted by atomic mass is 16.5. The van der Waals surface area contributed by atoms with E-state index in [9.17, 15) is 4.79 Å². The van der Waals surface area contributed by atoms with Crippen molar-refractivity contribution in [3.63, 3.8) is 0 Å². The molecule has 0 fully saturated rings. The lowest BCUT2D eigenvalue weighted by molar-refractivity contribution is 0.324. The van der Waals surface area contributed by atoms with Gasteiger partial charge in [0, 0.05) is 5.56 Å². The predicted molar refractivity (Wildman–Crippen MR) is 105 cm³/mol. The topological polar surface area (TPSA) is 94.8 Å². The molecule has 0 aliphatic heterocycles. The third-order valence-corrected chi connectivity index (χ3v) is 4.40. The van der Waals surface area contributed by atoms with Gasteiger partial charge in [0.15, 0.2) is 23.0 Å². The Hall–Kier alpha value is -3.55. The second-order valence-corrected chi connectivity index (χ2v) is 5.81. The summed E-state index contributed by atoms with van der Waals surface area (Å²) in [6.45, 7) is 0. The molecular weight excluding hydrogens is 364 g/mol. The molecule has 0 aliphatic rings. The Morgan fingerprint density at radius 2 is 1.21 bits per heavy atom. The van der Waals surface area contributed by atoms with E-state index in [1.165, 1.54) is 21.3 Å². The Kier molecular flexibility index (Phi) is 5.49. The molecule has 0 spiro atoms. The van der Waals surface area contributed by atoms with Gasteiger partial charge in [-0.15, -0.1) is 0 Å². The summed E-state index contributed by atoms with van der Waals surface area (Å²) in [5.41, 5.74) is 2.13. The number of H-pyrrole nitrogens is 2. The number of aromatic nitrogens is 2. The highest BCUT2D eigenvalue weighted by molar-refractivity contribution is 5.83. The maximum atomic E-state index is 12.6. The second-order valence-electron chi connectivity index (χ2n) is 5.81. The van der Waals surface area contributed by atoms with Crippen molar-refractivity contribution in [2.75, 3.05) is 35.5 Å². The quantitative estimate of drug-likeness (QED) is 0.648. The molecule has 0 saturated carbocycles. The van der Waals surface area contributed by atoms with Gasteiger partial charge in [-0.1, -0.05) is 6.07 Å². The number of benzene rings is 2. The van der Waals surface area contributed by atoms with Gasteiger partial charge < -0.3 is 23.7 Å². The van der Waals surface area contributed by atoms with E-state index < -0.39 is 0 Å². The third kappa shape index (κ3) is 3.24. The first-order valence-electron chi connectivity index (χ1n) is 8.41. The van der Waals surface area contributed by atoms with Crippen LogP contribution >= 0.6 is 0 Å². The van der Waals surface area contributed by atoms with Crippen molar-refractivity contribution in [1.29, 1.82) is 0 Å². The van der Waals surface area contributed by atoms with Gasteiger partial charge >= 0.3 is 0 Å². The molecule has 0 saturated heterocycles. The van der Waals surface area contributed by atoms with Crippen LogP contribution in [0.2, 0.25) is 0 Å². The van der Waals surface area contributed by atoms with Crippen LogP contribution in [-0.2, 0) is 0 Å². The molecule has 0 aliphatic carbocycles. The van der Waals surface area contributed by atoms with Crippen LogP contribution in [0.3, 0.4) is 0 Å². The Bertz CT molecular complexity index is 1010. The van der Waals surface area contributed by atoms with Crippen molar-refractivity contribution in [2.45, 2.75) is 0 Å². The zero-order valence-corrected chi connectivity index (χ0v) is 16.3. The Morgan fingerprint density at radius 3 is 1.75 bits per heavy atom. The molecule has 2 N–H and O–H groups in total. The Balaban J connectivity index is 2.21. The minimum Gasteiger partial charge on any atom is -0.493 e. The molecule has 3 rings (SSSR count). The van der Waals surface area contributed by atoms with Crippen LogP contribution in [0.25, 0.3) is 22.4 Å². The lowest BCUT2D eigenvalue weighted by atomic mass is 10.0. The molecule has 0 amide bonds. The lowest BCUT2D eigenvalue weighted by Gasteiger charge is -2.14. The van der Waals surface area contributed by atoms with Crippen LogP contribution in [0.1, 0.15) is 0 Å². The molecule has 0 bridgehead atoms. The van der Waals surface area contributed by atoms with E-state index >= 15 is 0 Å². The van der Waals surface area contributed by atoms with Gasteiger partial charge in [-0.3, -0.25) is 15.0 Å². The first-order chi connectivity index (χ1) is 13.6. The number of nitrogens with one attached hydrogen (secondary N) is 2. The van der Waals surface area contributed by atoms with E-state index in [0.717, 1.165) is 0 Å². The molecule has 148 valence electrons. The van der Waals surface area contributed by atoms with Crippen LogP contribution in [0, 0.1) is 0 Å². The first-order valence-corrected chi connectivity index (χ1v) is 8.41. The predicted octanol–water partition coefficient (Wildman–Crippen LogP) is 3.08. The number of ether oxygens (including phenoxy) is 5. The minimum absolute atomic E-state index is 0.268. The zero-order chi connectivity index (χ0) is 20.3. The van der Waals surface area contributed by atoms with Crippen molar-refractivity contribution in [3.05, 3.63) is 40.7 Å². The van der Waals surface area contributed by atoms with Crippen molar-refractivity contribution >= 4 is 0 Å². The fourth-order valence-electron chi connectivity index (χ4n) is 3.07. The smallest absolute Gasteiger partial charge is 0.272 e. The third-order valence-electron chi connectivity index (χ3n) is 4.40. The van der Waals surface area contributed by atoms with Gasteiger partial charge in [0.2, 0.25) is 5.75 Å². The summed E-state index contributed by atoms with van der Waals surface area (Å²) in [6, 6.07) is 8.83. The molecule has 1 aromatic heterocycles. The van der Waals surface area contributed by atoms with Gasteiger partial charge in [0.1, 0.15) is 0 Å². The summed E-state index contributed by atoms with van der Waals surface area (Å²) in [5, 5.41) is 5.57. The normalized spacial score (nSPS) is 10.5. The average molecular weight is 386 g/mol. The molecule has 3 aromatic rings. The highest BCUT2D eigenvalue weighted by Gasteiger charge is 2.20. The average Bonchev–Trinajstić information content (AvgIpc) is 3.13. The summed E-state index contributed by atoms with van der Waals surface area (Å²) < 4.78 is 26.8. The lowest BCUT2D eigenvalue weighted by Crippen LogP contribution is -2.02. The molecule has 0 atom stereocenters. The maximum Gasteiger partial charge on any atom is 0.272 e. The van der Waals surface area contributed by atoms with Crippen LogP contribution in [-0.4, -0.2) is 45.7 Å². The maximum absolute atomic E-state index is 12.6. The van der Waals surface area contributed by atoms with Crippen molar-refractivity contribution in [2.24, 2.45) is 0 Å². The van der Waals surface area contributed by atoms with Crippen molar-refractivity contribution in [3.8, 4) is 51.1 Å². The van der Waals surface area contributed by atoms with Crippen LogP contribution in [0.15, 0.2) is 35.1 Å². The van der Waals surface area contributed by atoms with E-state index in [2.05, 4.69) is 10.2 Å². The second kappa shape index (κ2) is 7.99. The SMILES string of the molecule is COc1ccc(-c2c(-c3cc(OC)c(OC)c(OC)c3)[nH][nH]c2=O)cc1OC. The molecule has 8 nitrogen and oxygen atoms in total. The standard InChI is InChI=1S/C20H22N2O6/c1-24-13-7-6-11(8-14(13)25-2)17-18(21-22-20(17)23)12-9-15(26-3)19(28-5)16(10-12)27-4/h6-10H,1-5H3,(H2,21,22,23). The Labute approximate surface area is 161 Å². The van der Waals surface area contributed by atoms with Gasteiger partial charge in [0.25, 0.3) is 5.56 Å². The molecule has 1 heterocycles. The zero-order valence-electron chi connectivity index (χ0n) is 16.3. The fourth-order valence-corrected chi connectivity index (χ4v) is 3.07. The Morgan fingerprint density at radius 1 is 0.643 bits per heavy atom. The summed E-state index contributed by atoms with van der Waals surface area (Å²) in [7, 11) is 7.71. The molecule has 8 heteroatoms. The van der Waals surface area contributed by atoms with Crippen LogP contribution in [0.4, 0.5) is 0 Å². The van der Waals surface area contributed by atoms with Crippen LogP contribution < -0.4 is 29.2 Å². The first kappa shape index (κ1) is 19.2. The molecule has 0 unspecified atom stereocenters. The summed E-state index contributed by atoms with van der Waals surface area (Å²) in [4.78, 5) is 12.6. The summed E-state index contributed by atoms with van der Waals surface area (Å²) >= 11 is 0. The van der Waals surface area contributed by atoms with Gasteiger partial charge in [-0.25, -0.2) is 0 Å². The van der Waals surface area contributed by atoms with E-state index in [1.54, 1.807) is 44.6 Å². The van der Waals surface area contributed by atoms with E-state index in [1.807, 2.05) is 0 Å². The van der Waals surface area contributed by atoms with E-state index in [-0.39, 0.29) is 5.56 Å². The van der Waals surface area contributed by atoms with Crippen molar-refractivity contribution < 1.29 is 23.7 Å². The molecule has 0 radical (unpaired) electrons. The van der Waals surface area contributed by atoms with Gasteiger partial charge in [0.05, 0.1) is 46.8 Å². The van der Waals surface area contributed by atoms with Gasteiger partial charge in [-0.05, 0) is 29.8 Å². The molecule has 28 heavy (non-hydrogen) atoms. The van der Waals surface area contributed by atoms with E-state index in [4.69, 9.17) is 23.7 Å². The highest BCUT2D eigenvalue weighted by Crippen LogP contribution is 2.42. The fraction of sp³-hybridized carbons (Fsp3) is 0.250. The number of hydrogen-bond acceptors (Lipinski definition) is 6. The number of methoxy groups -OCH3 is 5.